The lowest BCUT2D eigenvalue weighted by Gasteiger charge is -2.28. The van der Waals surface area contributed by atoms with Gasteiger partial charge in [0.2, 0.25) is 5.91 Å². The fourth-order valence-electron chi connectivity index (χ4n) is 4.24. The molecule has 1 unspecified atom stereocenters. The molecule has 1 aliphatic heterocycles. The molecule has 3 heterocycles. The van der Waals surface area contributed by atoms with Gasteiger partial charge in [-0.15, -0.1) is 0 Å². The smallest absolute Gasteiger partial charge is 0.410 e. The van der Waals surface area contributed by atoms with Crippen molar-refractivity contribution in [2.45, 2.75) is 45.8 Å². The maximum absolute atomic E-state index is 12.9. The molecule has 2 aromatic heterocycles. The molecule has 150 valence electrons. The Kier molecular flexibility index (Phi) is 4.17. The number of carbonyl (C=O) groups is 2. The molecule has 1 aliphatic carbocycles. The van der Waals surface area contributed by atoms with Gasteiger partial charge in [-0.05, 0) is 58.6 Å². The van der Waals surface area contributed by atoms with Gasteiger partial charge < -0.3 is 19.4 Å². The number of imidazole rings is 1. The van der Waals surface area contributed by atoms with Crippen molar-refractivity contribution >= 4 is 17.6 Å². The summed E-state index contributed by atoms with van der Waals surface area (Å²) in [6, 6.07) is 5.84. The number of likely N-dealkylation sites (tertiary alicyclic amines) is 1. The second-order valence-corrected chi connectivity index (χ2v) is 9.43. The molecule has 7 nitrogen and oxygen atoms in total. The van der Waals surface area contributed by atoms with Gasteiger partial charge in [-0.2, -0.15) is 0 Å². The number of aromatic nitrogens is 2. The third-order valence-electron chi connectivity index (χ3n) is 5.64. The van der Waals surface area contributed by atoms with Crippen LogP contribution in [0.15, 0.2) is 30.6 Å². The highest BCUT2D eigenvalue weighted by Gasteiger charge is 2.61. The summed E-state index contributed by atoms with van der Waals surface area (Å²) in [4.78, 5) is 31.2. The van der Waals surface area contributed by atoms with E-state index in [-0.39, 0.29) is 29.8 Å². The first-order valence-electron chi connectivity index (χ1n) is 9.79. The third-order valence-corrected chi connectivity index (χ3v) is 5.64. The zero-order chi connectivity index (χ0) is 20.3. The van der Waals surface area contributed by atoms with Crippen molar-refractivity contribution in [3.8, 4) is 0 Å². The second-order valence-electron chi connectivity index (χ2n) is 9.43. The molecule has 1 N–H and O–H groups in total. The van der Waals surface area contributed by atoms with Crippen molar-refractivity contribution in [3.63, 3.8) is 0 Å². The number of amides is 2. The van der Waals surface area contributed by atoms with Crippen LogP contribution in [0.4, 0.5) is 4.79 Å². The Labute approximate surface area is 165 Å². The van der Waals surface area contributed by atoms with Crippen molar-refractivity contribution in [2.24, 2.45) is 17.8 Å². The second kappa shape index (κ2) is 6.22. The Bertz CT molecular complexity index is 915. The molecule has 2 amide bonds. The van der Waals surface area contributed by atoms with Crippen molar-refractivity contribution in [1.29, 1.82) is 0 Å². The molecule has 2 aliphatic rings. The van der Waals surface area contributed by atoms with E-state index in [0.29, 0.717) is 13.1 Å². The Morgan fingerprint density at radius 3 is 2.46 bits per heavy atom. The number of carbonyl (C=O) groups excluding carboxylic acids is 2. The minimum absolute atomic E-state index is 0.0304. The number of nitrogens with one attached hydrogen (secondary N) is 1. The van der Waals surface area contributed by atoms with Crippen LogP contribution in [0.1, 0.15) is 40.3 Å². The largest absolute Gasteiger partial charge is 0.444 e. The summed E-state index contributed by atoms with van der Waals surface area (Å²) in [5, 5.41) is 3.19. The molecule has 0 aromatic carbocycles. The highest BCUT2D eigenvalue weighted by atomic mass is 16.6. The van der Waals surface area contributed by atoms with E-state index in [1.807, 2.05) is 69.6 Å². The molecule has 7 heteroatoms. The highest BCUT2D eigenvalue weighted by molar-refractivity contribution is 5.84. The van der Waals surface area contributed by atoms with Gasteiger partial charge in [0.1, 0.15) is 11.2 Å². The van der Waals surface area contributed by atoms with Crippen molar-refractivity contribution in [2.75, 3.05) is 13.1 Å². The average molecular weight is 384 g/mol. The van der Waals surface area contributed by atoms with Gasteiger partial charge in [0.05, 0.1) is 17.4 Å². The monoisotopic (exact) mass is 384 g/mol. The van der Waals surface area contributed by atoms with Crippen LogP contribution in [0.5, 0.6) is 0 Å². The van der Waals surface area contributed by atoms with E-state index >= 15 is 0 Å². The molecule has 3 atom stereocenters. The summed E-state index contributed by atoms with van der Waals surface area (Å²) in [5.41, 5.74) is 0.756. The summed E-state index contributed by atoms with van der Waals surface area (Å²) in [6.45, 7) is 10.8. The van der Waals surface area contributed by atoms with E-state index in [9.17, 15) is 9.59 Å². The number of ether oxygens (including phenoxy) is 1. The summed E-state index contributed by atoms with van der Waals surface area (Å²) in [7, 11) is 0. The molecular weight excluding hydrogens is 356 g/mol. The Morgan fingerprint density at radius 1 is 1.14 bits per heavy atom. The number of piperidine rings is 1. The first kappa shape index (κ1) is 18.8. The van der Waals surface area contributed by atoms with Crippen LogP contribution in [-0.2, 0) is 15.1 Å². The highest BCUT2D eigenvalue weighted by Crippen LogP contribution is 2.52. The average Bonchev–Trinajstić information content (AvgIpc) is 2.96. The summed E-state index contributed by atoms with van der Waals surface area (Å²) in [6.07, 6.45) is 3.48. The lowest BCUT2D eigenvalue weighted by molar-refractivity contribution is -0.125. The molecule has 2 fully saturated rings. The SMILES string of the molecule is CC(C)(C)OC(=O)N1C[C@@H]2C(C(=O)NC(C)(C)c3cnc4ccccn34)[C@@H]2C1. The number of nitrogens with zero attached hydrogens (tertiary/aromatic N) is 3. The van der Waals surface area contributed by atoms with Gasteiger partial charge in [0.25, 0.3) is 0 Å². The van der Waals surface area contributed by atoms with Crippen LogP contribution < -0.4 is 5.32 Å². The maximum Gasteiger partial charge on any atom is 0.410 e. The molecule has 2 aromatic rings. The molecule has 0 bridgehead atoms. The lowest BCUT2D eigenvalue weighted by atomic mass is 10.0. The topological polar surface area (TPSA) is 75.9 Å². The first-order valence-corrected chi connectivity index (χ1v) is 9.79. The van der Waals surface area contributed by atoms with Gasteiger partial charge >= 0.3 is 6.09 Å². The number of rotatable bonds is 3. The van der Waals surface area contributed by atoms with Crippen LogP contribution in [-0.4, -0.2) is 45.0 Å². The fraction of sp³-hybridized carbons (Fsp3) is 0.571. The normalized spacial score (nSPS) is 24.2. The molecule has 4 rings (SSSR count). The van der Waals surface area contributed by atoms with E-state index in [2.05, 4.69) is 10.3 Å². The predicted molar refractivity (Wildman–Crippen MR) is 105 cm³/mol. The van der Waals surface area contributed by atoms with Crippen LogP contribution in [0, 0.1) is 17.8 Å². The summed E-state index contributed by atoms with van der Waals surface area (Å²) in [5.74, 6) is 0.475. The maximum atomic E-state index is 12.9. The zero-order valence-corrected chi connectivity index (χ0v) is 17.1. The van der Waals surface area contributed by atoms with E-state index in [4.69, 9.17) is 4.74 Å². The Balaban J connectivity index is 1.38. The lowest BCUT2D eigenvalue weighted by Crippen LogP contribution is -2.44. The van der Waals surface area contributed by atoms with Gasteiger partial charge in [0, 0.05) is 25.2 Å². The fourth-order valence-corrected chi connectivity index (χ4v) is 4.24. The minimum atomic E-state index is -0.542. The van der Waals surface area contributed by atoms with Crippen molar-refractivity contribution in [1.82, 2.24) is 19.6 Å². The zero-order valence-electron chi connectivity index (χ0n) is 17.1. The molecule has 0 spiro atoms. The Hall–Kier alpha value is -2.57. The standard InChI is InChI=1S/C21H28N4O3/c1-20(2,3)28-19(27)24-11-13-14(12-24)17(13)18(26)23-21(4,5)15-10-22-16-8-6-7-9-25(15)16/h6-10,13-14,17H,11-12H2,1-5H3,(H,23,26)/t13-,14+,17?. The van der Waals surface area contributed by atoms with Gasteiger partial charge in [-0.1, -0.05) is 6.07 Å². The van der Waals surface area contributed by atoms with E-state index in [1.165, 1.54) is 0 Å². The van der Waals surface area contributed by atoms with Crippen LogP contribution in [0.3, 0.4) is 0 Å². The van der Waals surface area contributed by atoms with Gasteiger partial charge in [0.15, 0.2) is 0 Å². The number of pyridine rings is 1. The minimum Gasteiger partial charge on any atom is -0.444 e. The quantitative estimate of drug-likeness (QED) is 0.883. The molecule has 1 saturated heterocycles. The van der Waals surface area contributed by atoms with Crippen LogP contribution in [0.25, 0.3) is 5.65 Å². The molecule has 1 saturated carbocycles. The third kappa shape index (κ3) is 3.34. The molecular formula is C21H28N4O3. The molecule has 28 heavy (non-hydrogen) atoms. The number of hydrogen-bond donors (Lipinski definition) is 1. The van der Waals surface area contributed by atoms with Crippen LogP contribution in [0.2, 0.25) is 0 Å². The summed E-state index contributed by atoms with van der Waals surface area (Å²) >= 11 is 0. The first-order chi connectivity index (χ1) is 13.1. The van der Waals surface area contributed by atoms with Gasteiger partial charge in [-0.25, -0.2) is 9.78 Å². The Morgan fingerprint density at radius 2 is 1.82 bits per heavy atom. The van der Waals surface area contributed by atoms with Crippen molar-refractivity contribution < 1.29 is 14.3 Å². The number of fused-ring (bicyclic) bond motifs is 2. The van der Waals surface area contributed by atoms with E-state index in [1.54, 1.807) is 4.90 Å². The number of hydrogen-bond acceptors (Lipinski definition) is 4. The van der Waals surface area contributed by atoms with E-state index in [0.717, 1.165) is 11.3 Å². The van der Waals surface area contributed by atoms with Crippen molar-refractivity contribution in [3.05, 3.63) is 36.3 Å². The predicted octanol–water partition coefficient (Wildman–Crippen LogP) is 2.80. The molecule has 0 radical (unpaired) electrons. The van der Waals surface area contributed by atoms with Gasteiger partial charge in [-0.3, -0.25) is 4.79 Å². The van der Waals surface area contributed by atoms with Crippen LogP contribution >= 0.6 is 0 Å². The van der Waals surface area contributed by atoms with E-state index < -0.39 is 11.1 Å². The summed E-state index contributed by atoms with van der Waals surface area (Å²) < 4.78 is 7.43.